The van der Waals surface area contributed by atoms with Crippen LogP contribution in [0, 0.1) is 0 Å². The third-order valence-electron chi connectivity index (χ3n) is 11.4. The molecule has 372 valence electrons. The van der Waals surface area contributed by atoms with Crippen molar-refractivity contribution in [2.24, 2.45) is 0 Å². The van der Waals surface area contributed by atoms with E-state index in [9.17, 15) is 37.9 Å². The van der Waals surface area contributed by atoms with Gasteiger partial charge in [-0.25, -0.2) is 0 Å². The first-order valence-electron chi connectivity index (χ1n) is 25.2. The van der Waals surface area contributed by atoms with Crippen LogP contribution >= 0.6 is 0 Å². The zero-order chi connectivity index (χ0) is 46.9. The minimum absolute atomic E-state index is 0.144. The van der Waals surface area contributed by atoms with Crippen molar-refractivity contribution in [1.82, 2.24) is 0 Å². The molecule has 1 heterocycles. The Kier molecular flexibility index (Phi) is 38.1. The first-order chi connectivity index (χ1) is 31.0. The first-order valence-corrected chi connectivity index (χ1v) is 26.8. The van der Waals surface area contributed by atoms with Gasteiger partial charge in [-0.05, 0) is 51.4 Å². The molecule has 0 aromatic rings. The van der Waals surface area contributed by atoms with Crippen LogP contribution in [0.15, 0.2) is 48.6 Å². The fourth-order valence-corrected chi connectivity index (χ4v) is 8.18. The van der Waals surface area contributed by atoms with Gasteiger partial charge in [-0.15, -0.1) is 0 Å². The molecule has 1 aliphatic rings. The van der Waals surface area contributed by atoms with Gasteiger partial charge in [0.15, 0.2) is 12.4 Å². The average Bonchev–Trinajstić information content (AvgIpc) is 3.26. The second kappa shape index (κ2) is 40.8. The number of unbranched alkanes of at least 4 members (excludes halogenated alkanes) is 22. The first kappa shape index (κ1) is 59.6. The van der Waals surface area contributed by atoms with Gasteiger partial charge in [-0.2, -0.15) is 8.42 Å². The molecule has 1 fully saturated rings. The van der Waals surface area contributed by atoms with Crippen molar-refractivity contribution in [3.8, 4) is 0 Å². The van der Waals surface area contributed by atoms with Crippen LogP contribution in [0.25, 0.3) is 0 Å². The summed E-state index contributed by atoms with van der Waals surface area (Å²) >= 11 is 0. The lowest BCUT2D eigenvalue weighted by molar-refractivity contribution is -0.297. The Labute approximate surface area is 388 Å². The molecule has 13 heteroatoms. The van der Waals surface area contributed by atoms with Gasteiger partial charge in [0.1, 0.15) is 36.8 Å². The summed E-state index contributed by atoms with van der Waals surface area (Å²) in [7, 11) is -4.61. The maximum absolute atomic E-state index is 12.9. The Morgan fingerprint density at radius 3 is 1.44 bits per heavy atom. The predicted octanol–water partition coefficient (Wildman–Crippen LogP) is 11.1. The van der Waals surface area contributed by atoms with E-state index >= 15 is 0 Å². The van der Waals surface area contributed by atoms with Crippen LogP contribution in [0.4, 0.5) is 0 Å². The van der Waals surface area contributed by atoms with Gasteiger partial charge >= 0.3 is 11.9 Å². The number of esters is 2. The molecule has 64 heavy (non-hydrogen) atoms. The van der Waals surface area contributed by atoms with Crippen LogP contribution in [-0.2, 0) is 38.7 Å². The summed E-state index contributed by atoms with van der Waals surface area (Å²) in [5.41, 5.74) is 0. The van der Waals surface area contributed by atoms with Gasteiger partial charge in [0.05, 0.1) is 6.61 Å². The topological polar surface area (TPSA) is 186 Å². The van der Waals surface area contributed by atoms with Gasteiger partial charge in [-0.1, -0.05) is 191 Å². The van der Waals surface area contributed by atoms with Crippen molar-refractivity contribution >= 4 is 22.1 Å². The molecule has 0 aromatic heterocycles. The zero-order valence-electron chi connectivity index (χ0n) is 39.9. The third-order valence-corrected chi connectivity index (χ3v) is 12.2. The normalized spacial score (nSPS) is 20.0. The van der Waals surface area contributed by atoms with Crippen LogP contribution < -0.4 is 0 Å². The van der Waals surface area contributed by atoms with E-state index in [1.165, 1.54) is 116 Å². The minimum atomic E-state index is -4.61. The van der Waals surface area contributed by atoms with E-state index in [4.69, 9.17) is 18.9 Å². The predicted molar refractivity (Wildman–Crippen MR) is 256 cm³/mol. The fraction of sp³-hybridized carbons (Fsp3) is 0.804. The molecule has 1 rings (SSSR count). The van der Waals surface area contributed by atoms with Crippen molar-refractivity contribution in [3.63, 3.8) is 0 Å². The summed E-state index contributed by atoms with van der Waals surface area (Å²) in [6.45, 7) is 3.71. The summed E-state index contributed by atoms with van der Waals surface area (Å²) in [4.78, 5) is 25.5. The van der Waals surface area contributed by atoms with Gasteiger partial charge in [0.2, 0.25) is 0 Å². The standard InChI is InChI=1S/C51H90O12S/c1-3-5-7-9-11-13-15-17-19-21-22-24-26-28-30-32-34-36-38-40-47(53)62-44(42-61-51-50(56)49(55)48(54)45(63-51)43-64(57,58)59)41-60-46(52)39-37-35-33-31-29-27-25-23-20-18-16-14-12-10-8-6-4-2/h12,14,18,20,25,27,31,33,44-45,48-51,54-56H,3-11,13,15-17,19,21-24,26,28-30,32,34-43H2,1-2H3,(H,57,58,59)/b14-12+,20-18+,27-25+,33-31+/t44-,45-,48-,49?,50?,51+/m1/s1. The van der Waals surface area contributed by atoms with Crippen molar-refractivity contribution in [2.45, 2.75) is 243 Å². The number of carbonyl (C=O) groups is 2. The number of rotatable bonds is 42. The smallest absolute Gasteiger partial charge is 0.306 e. The number of aliphatic hydroxyl groups excluding tert-OH is 3. The van der Waals surface area contributed by atoms with Crippen LogP contribution in [0.3, 0.4) is 0 Å². The number of ether oxygens (including phenoxy) is 4. The highest BCUT2D eigenvalue weighted by Gasteiger charge is 2.46. The monoisotopic (exact) mass is 927 g/mol. The summed E-state index contributed by atoms with van der Waals surface area (Å²) in [6, 6.07) is 0. The molecule has 0 aliphatic carbocycles. The van der Waals surface area contributed by atoms with Gasteiger partial charge in [-0.3, -0.25) is 14.1 Å². The number of hydrogen-bond donors (Lipinski definition) is 4. The molecule has 0 bridgehead atoms. The van der Waals surface area contributed by atoms with E-state index in [0.29, 0.717) is 19.3 Å². The molecule has 4 N–H and O–H groups in total. The summed E-state index contributed by atoms with van der Waals surface area (Å²) < 4.78 is 54.1. The van der Waals surface area contributed by atoms with Crippen molar-refractivity contribution in [2.75, 3.05) is 19.0 Å². The summed E-state index contributed by atoms with van der Waals surface area (Å²) in [6.07, 6.45) is 40.1. The molecular formula is C51H90O12S. The van der Waals surface area contributed by atoms with Crippen LogP contribution in [0.5, 0.6) is 0 Å². The van der Waals surface area contributed by atoms with Crippen molar-refractivity contribution in [1.29, 1.82) is 0 Å². The van der Waals surface area contributed by atoms with E-state index in [0.717, 1.165) is 44.9 Å². The third kappa shape index (κ3) is 34.9. The number of aliphatic hydroxyl groups is 3. The molecule has 1 aliphatic heterocycles. The molecular weight excluding hydrogens is 837 g/mol. The lowest BCUT2D eigenvalue weighted by atomic mass is 10.00. The molecule has 2 unspecified atom stereocenters. The quantitative estimate of drug-likeness (QED) is 0.0197. The van der Waals surface area contributed by atoms with E-state index in [1.54, 1.807) is 0 Å². The maximum Gasteiger partial charge on any atom is 0.306 e. The molecule has 0 saturated carbocycles. The second-order valence-corrected chi connectivity index (χ2v) is 19.0. The molecule has 0 radical (unpaired) electrons. The highest BCUT2D eigenvalue weighted by atomic mass is 32.2. The van der Waals surface area contributed by atoms with Crippen LogP contribution in [0.1, 0.15) is 206 Å². The fourth-order valence-electron chi connectivity index (χ4n) is 7.49. The summed E-state index contributed by atoms with van der Waals surface area (Å²) in [5.74, 6) is -2.05. The second-order valence-electron chi connectivity index (χ2n) is 17.5. The summed E-state index contributed by atoms with van der Waals surface area (Å²) in [5, 5.41) is 30.9. The average molecular weight is 927 g/mol. The SMILES string of the molecule is CCCCC/C=C/C/C=C/C/C=C/C/C=C/CCCC(=O)OC[C@H](CO[C@H]1O[C@H](CS(=O)(=O)O)[C@@H](O)C(O)C1O)OC(=O)CCCCCCCCCCCCCCCCCCCCC. The Hall–Kier alpha value is -2.39. The molecule has 6 atom stereocenters. The molecule has 1 saturated heterocycles. The van der Waals surface area contributed by atoms with E-state index in [1.807, 2.05) is 6.08 Å². The van der Waals surface area contributed by atoms with E-state index in [2.05, 4.69) is 56.4 Å². The lowest BCUT2D eigenvalue weighted by Crippen LogP contribution is -2.60. The number of allylic oxidation sites excluding steroid dienone is 8. The van der Waals surface area contributed by atoms with Crippen LogP contribution in [-0.4, -0.2) is 96.0 Å². The Bertz CT molecular complexity index is 1360. The van der Waals surface area contributed by atoms with Crippen molar-refractivity contribution in [3.05, 3.63) is 48.6 Å². The van der Waals surface area contributed by atoms with Gasteiger partial charge in [0.25, 0.3) is 10.1 Å². The zero-order valence-corrected chi connectivity index (χ0v) is 40.7. The Balaban J connectivity index is 2.42. The van der Waals surface area contributed by atoms with E-state index < -0.39 is 71.2 Å². The highest BCUT2D eigenvalue weighted by molar-refractivity contribution is 7.85. The Morgan fingerprint density at radius 2 is 0.953 bits per heavy atom. The number of hydrogen-bond acceptors (Lipinski definition) is 11. The Morgan fingerprint density at radius 1 is 0.531 bits per heavy atom. The minimum Gasteiger partial charge on any atom is -0.462 e. The molecule has 0 spiro atoms. The number of carbonyl (C=O) groups excluding carboxylic acids is 2. The van der Waals surface area contributed by atoms with E-state index in [-0.39, 0.29) is 19.4 Å². The van der Waals surface area contributed by atoms with Gasteiger partial charge in [0, 0.05) is 12.8 Å². The van der Waals surface area contributed by atoms with Crippen molar-refractivity contribution < 1.29 is 56.8 Å². The highest BCUT2D eigenvalue weighted by Crippen LogP contribution is 2.24. The van der Waals surface area contributed by atoms with Gasteiger partial charge < -0.3 is 34.3 Å². The molecule has 0 aromatic carbocycles. The molecule has 12 nitrogen and oxygen atoms in total. The van der Waals surface area contributed by atoms with Crippen LogP contribution in [0.2, 0.25) is 0 Å². The maximum atomic E-state index is 12.9. The largest absolute Gasteiger partial charge is 0.462 e. The molecule has 0 amide bonds. The lowest BCUT2D eigenvalue weighted by Gasteiger charge is -2.40.